The Hall–Kier alpha value is -1.19. The fourth-order valence-corrected chi connectivity index (χ4v) is 1.30. The van der Waals surface area contributed by atoms with Crippen LogP contribution >= 0.6 is 15.9 Å². The summed E-state index contributed by atoms with van der Waals surface area (Å²) in [4.78, 5) is 4.02. The van der Waals surface area contributed by atoms with Gasteiger partial charge in [-0.1, -0.05) is 49.7 Å². The van der Waals surface area contributed by atoms with E-state index in [1.807, 2.05) is 44.2 Å². The second-order valence-corrected chi connectivity index (χ2v) is 4.24. The Balaban J connectivity index is 0.000000289. The number of halogens is 1. The van der Waals surface area contributed by atoms with Crippen LogP contribution in [0.1, 0.15) is 25.1 Å². The molecule has 0 aliphatic carbocycles. The zero-order valence-corrected chi connectivity index (χ0v) is 12.8. The molecule has 0 radical (unpaired) electrons. The van der Waals surface area contributed by atoms with Gasteiger partial charge in [-0.25, -0.2) is 0 Å². The Bertz CT molecular complexity index is 399. The number of rotatable bonds is 1. The first kappa shape index (κ1) is 16.8. The monoisotopic (exact) mass is 308 g/mol. The molecule has 18 heavy (non-hydrogen) atoms. The summed E-state index contributed by atoms with van der Waals surface area (Å²) in [6, 6.07) is 14.1. The van der Waals surface area contributed by atoms with Gasteiger partial charge in [0.15, 0.2) is 0 Å². The van der Waals surface area contributed by atoms with Crippen molar-refractivity contribution in [1.29, 1.82) is 0 Å². The molecule has 0 saturated heterocycles. The molecule has 0 fully saturated rings. The third-order valence-corrected chi connectivity index (χ3v) is 2.41. The van der Waals surface area contributed by atoms with Gasteiger partial charge in [-0.3, -0.25) is 4.98 Å². The molecule has 0 aliphatic heterocycles. The minimum absolute atomic E-state index is 0.507. The van der Waals surface area contributed by atoms with Crippen molar-refractivity contribution in [3.8, 4) is 0 Å². The highest BCUT2D eigenvalue weighted by molar-refractivity contribution is 9.10. The molecular formula is C15H21BrN2. The van der Waals surface area contributed by atoms with Gasteiger partial charge in [0.25, 0.3) is 0 Å². The van der Waals surface area contributed by atoms with Crippen LogP contribution < -0.4 is 5.73 Å². The predicted octanol–water partition coefficient (Wildman–Crippen LogP) is 4.32. The van der Waals surface area contributed by atoms with Gasteiger partial charge in [-0.15, -0.1) is 0 Å². The fraction of sp³-hybridized carbons (Fsp3) is 0.267. The molecule has 0 saturated carbocycles. The van der Waals surface area contributed by atoms with Gasteiger partial charge in [0.05, 0.1) is 5.69 Å². The number of nitrogens with zero attached hydrogens (tertiary/aromatic N) is 1. The van der Waals surface area contributed by atoms with E-state index in [0.717, 1.165) is 10.2 Å². The lowest BCUT2D eigenvalue weighted by atomic mass is 10.2. The topological polar surface area (TPSA) is 38.9 Å². The Kier molecular flexibility index (Phi) is 10.2. The van der Waals surface area contributed by atoms with E-state index >= 15 is 0 Å². The quantitative estimate of drug-likeness (QED) is 0.852. The van der Waals surface area contributed by atoms with Crippen LogP contribution in [0.25, 0.3) is 0 Å². The highest BCUT2D eigenvalue weighted by Gasteiger charge is 1.87. The van der Waals surface area contributed by atoms with E-state index in [-0.39, 0.29) is 0 Å². The molecule has 1 aromatic carbocycles. The summed E-state index contributed by atoms with van der Waals surface area (Å²) < 4.78 is 0.986. The van der Waals surface area contributed by atoms with Crippen molar-refractivity contribution in [2.75, 3.05) is 0 Å². The van der Waals surface area contributed by atoms with Crippen molar-refractivity contribution in [3.63, 3.8) is 0 Å². The smallest absolute Gasteiger partial charge is 0.0540 e. The molecule has 0 atom stereocenters. The predicted molar refractivity (Wildman–Crippen MR) is 82.4 cm³/mol. The number of nitrogens with two attached hydrogens (primary N) is 1. The van der Waals surface area contributed by atoms with Gasteiger partial charge in [-0.05, 0) is 35.0 Å². The van der Waals surface area contributed by atoms with Gasteiger partial charge < -0.3 is 5.73 Å². The Morgan fingerprint density at radius 1 is 1.06 bits per heavy atom. The maximum atomic E-state index is 5.32. The van der Waals surface area contributed by atoms with Crippen LogP contribution in [0.2, 0.25) is 0 Å². The van der Waals surface area contributed by atoms with Crippen LogP contribution in [-0.4, -0.2) is 4.98 Å². The molecule has 0 amide bonds. The second kappa shape index (κ2) is 10.9. The number of benzene rings is 1. The van der Waals surface area contributed by atoms with E-state index in [2.05, 4.69) is 40.0 Å². The molecule has 98 valence electrons. The highest BCUT2D eigenvalue weighted by atomic mass is 79.9. The standard InChI is InChI=1S/C7H8.C6H7BrN2.C2H6/c1-7-5-3-2-4-6-7;7-5-1-2-6(3-8)9-4-5;1-2/h2-6H,1H3;1-2,4H,3,8H2;1-2H3. The first-order chi connectivity index (χ1) is 8.72. The lowest BCUT2D eigenvalue weighted by Crippen LogP contribution is -1.97. The van der Waals surface area contributed by atoms with Crippen molar-refractivity contribution in [3.05, 3.63) is 64.4 Å². The minimum atomic E-state index is 0.507. The zero-order chi connectivity index (χ0) is 13.8. The van der Waals surface area contributed by atoms with E-state index in [1.54, 1.807) is 6.20 Å². The Morgan fingerprint density at radius 2 is 1.67 bits per heavy atom. The fourth-order valence-electron chi connectivity index (χ4n) is 1.06. The SMILES string of the molecule is CC.Cc1ccccc1.NCc1ccc(Br)cn1. The summed E-state index contributed by atoms with van der Waals surface area (Å²) in [6.45, 7) is 6.59. The average Bonchev–Trinajstić information content (AvgIpc) is 2.43. The molecule has 1 heterocycles. The lowest BCUT2D eigenvalue weighted by molar-refractivity contribution is 0.988. The average molecular weight is 309 g/mol. The third kappa shape index (κ3) is 7.98. The molecule has 2 N–H and O–H groups in total. The molecular weight excluding hydrogens is 288 g/mol. The summed E-state index contributed by atoms with van der Waals surface area (Å²) >= 11 is 3.27. The molecule has 3 heteroatoms. The van der Waals surface area contributed by atoms with Crippen molar-refractivity contribution in [1.82, 2.24) is 4.98 Å². The number of hydrogen-bond acceptors (Lipinski definition) is 2. The molecule has 2 nitrogen and oxygen atoms in total. The van der Waals surface area contributed by atoms with Gasteiger partial charge in [0.2, 0.25) is 0 Å². The number of hydrogen-bond donors (Lipinski definition) is 1. The van der Waals surface area contributed by atoms with E-state index in [9.17, 15) is 0 Å². The number of aromatic nitrogens is 1. The molecule has 1 aromatic heterocycles. The Morgan fingerprint density at radius 3 is 2.00 bits per heavy atom. The largest absolute Gasteiger partial charge is 0.325 e. The maximum Gasteiger partial charge on any atom is 0.0540 e. The Labute approximate surface area is 118 Å². The lowest BCUT2D eigenvalue weighted by Gasteiger charge is -1.92. The van der Waals surface area contributed by atoms with Crippen molar-refractivity contribution in [2.24, 2.45) is 5.73 Å². The van der Waals surface area contributed by atoms with E-state index in [1.165, 1.54) is 5.56 Å². The van der Waals surface area contributed by atoms with Crippen LogP contribution in [0, 0.1) is 6.92 Å². The van der Waals surface area contributed by atoms with Crippen molar-refractivity contribution >= 4 is 15.9 Å². The maximum absolute atomic E-state index is 5.32. The third-order valence-electron chi connectivity index (χ3n) is 1.94. The van der Waals surface area contributed by atoms with Crippen LogP contribution in [0.5, 0.6) is 0 Å². The van der Waals surface area contributed by atoms with Gasteiger partial charge in [0.1, 0.15) is 0 Å². The van der Waals surface area contributed by atoms with E-state index in [0.29, 0.717) is 6.54 Å². The minimum Gasteiger partial charge on any atom is -0.325 e. The highest BCUT2D eigenvalue weighted by Crippen LogP contribution is 2.06. The first-order valence-electron chi connectivity index (χ1n) is 6.04. The molecule has 0 spiro atoms. The van der Waals surface area contributed by atoms with Gasteiger partial charge in [-0.2, -0.15) is 0 Å². The molecule has 2 rings (SSSR count). The summed E-state index contributed by atoms with van der Waals surface area (Å²) in [5.41, 5.74) is 7.56. The molecule has 0 unspecified atom stereocenters. The number of aryl methyl sites for hydroxylation is 1. The van der Waals surface area contributed by atoms with Gasteiger partial charge >= 0.3 is 0 Å². The zero-order valence-electron chi connectivity index (χ0n) is 11.2. The van der Waals surface area contributed by atoms with E-state index < -0.39 is 0 Å². The summed E-state index contributed by atoms with van der Waals surface area (Å²) in [7, 11) is 0. The molecule has 2 aromatic rings. The number of pyridine rings is 1. The summed E-state index contributed by atoms with van der Waals surface area (Å²) in [5.74, 6) is 0. The van der Waals surface area contributed by atoms with Gasteiger partial charge in [0, 0.05) is 17.2 Å². The van der Waals surface area contributed by atoms with Crippen LogP contribution in [0.4, 0.5) is 0 Å². The first-order valence-corrected chi connectivity index (χ1v) is 6.84. The van der Waals surface area contributed by atoms with Crippen LogP contribution in [0.3, 0.4) is 0 Å². The summed E-state index contributed by atoms with van der Waals surface area (Å²) in [5, 5.41) is 0. The normalized spacial score (nSPS) is 8.50. The van der Waals surface area contributed by atoms with E-state index in [4.69, 9.17) is 5.73 Å². The van der Waals surface area contributed by atoms with Crippen molar-refractivity contribution in [2.45, 2.75) is 27.3 Å². The van der Waals surface area contributed by atoms with Crippen molar-refractivity contribution < 1.29 is 0 Å². The molecule has 0 bridgehead atoms. The summed E-state index contributed by atoms with van der Waals surface area (Å²) in [6.07, 6.45) is 1.74. The van der Waals surface area contributed by atoms with Crippen LogP contribution in [-0.2, 0) is 6.54 Å². The van der Waals surface area contributed by atoms with Crippen LogP contribution in [0.15, 0.2) is 53.1 Å². The second-order valence-electron chi connectivity index (χ2n) is 3.33. The molecule has 0 aliphatic rings.